The van der Waals surface area contributed by atoms with Crippen LogP contribution < -0.4 is 10.2 Å². The number of carbonyl (C=O) groups excluding carboxylic acids is 3. The Morgan fingerprint density at radius 3 is 2.27 bits per heavy atom. The summed E-state index contributed by atoms with van der Waals surface area (Å²) in [6.07, 6.45) is 1.48. The zero-order valence-electron chi connectivity index (χ0n) is 16.6. The molecule has 1 unspecified atom stereocenters. The molecule has 2 heterocycles. The molecule has 30 heavy (non-hydrogen) atoms. The number of rotatable bonds is 4. The normalized spacial score (nSPS) is 19.8. The zero-order valence-corrected chi connectivity index (χ0v) is 17.3. The van der Waals surface area contributed by atoms with Crippen molar-refractivity contribution in [2.45, 2.75) is 19.3 Å². The highest BCUT2D eigenvalue weighted by molar-refractivity contribution is 6.30. The van der Waals surface area contributed by atoms with E-state index in [2.05, 4.69) is 5.32 Å². The first-order chi connectivity index (χ1) is 14.5. The molecule has 2 aromatic rings. The predicted octanol–water partition coefficient (Wildman–Crippen LogP) is 3.57. The molecule has 0 aliphatic carbocycles. The first kappa shape index (κ1) is 20.4. The third-order valence-corrected chi connectivity index (χ3v) is 6.08. The van der Waals surface area contributed by atoms with Crippen molar-refractivity contribution in [2.24, 2.45) is 11.8 Å². The lowest BCUT2D eigenvalue weighted by atomic mass is 9.94. The maximum absolute atomic E-state index is 13.0. The number of carbonyl (C=O) groups is 3. The largest absolute Gasteiger partial charge is 0.342 e. The van der Waals surface area contributed by atoms with Crippen LogP contribution in [0.25, 0.3) is 0 Å². The van der Waals surface area contributed by atoms with Crippen molar-refractivity contribution in [2.75, 3.05) is 29.9 Å². The van der Waals surface area contributed by atoms with Gasteiger partial charge >= 0.3 is 0 Å². The molecule has 2 saturated heterocycles. The van der Waals surface area contributed by atoms with Gasteiger partial charge in [-0.1, -0.05) is 29.8 Å². The lowest BCUT2D eigenvalue weighted by Crippen LogP contribution is -2.44. The monoisotopic (exact) mass is 425 g/mol. The quantitative estimate of drug-likeness (QED) is 0.814. The first-order valence-corrected chi connectivity index (χ1v) is 10.6. The van der Waals surface area contributed by atoms with E-state index in [4.69, 9.17) is 11.6 Å². The van der Waals surface area contributed by atoms with Crippen LogP contribution in [0.4, 0.5) is 11.4 Å². The molecule has 7 heteroatoms. The fourth-order valence-corrected chi connectivity index (χ4v) is 4.25. The Kier molecular flexibility index (Phi) is 6.04. The predicted molar refractivity (Wildman–Crippen MR) is 116 cm³/mol. The molecule has 2 aromatic carbocycles. The van der Waals surface area contributed by atoms with Crippen LogP contribution in [0.15, 0.2) is 54.6 Å². The number of para-hydroxylation sites is 1. The third-order valence-electron chi connectivity index (χ3n) is 5.83. The van der Waals surface area contributed by atoms with Crippen LogP contribution in [0.2, 0.25) is 5.02 Å². The number of amides is 3. The third kappa shape index (κ3) is 4.49. The van der Waals surface area contributed by atoms with E-state index in [9.17, 15) is 14.4 Å². The summed E-state index contributed by atoms with van der Waals surface area (Å²) in [5.74, 6) is -0.487. The van der Waals surface area contributed by atoms with Crippen molar-refractivity contribution in [3.8, 4) is 0 Å². The Labute approximate surface area is 180 Å². The minimum absolute atomic E-state index is 0.0124. The highest BCUT2D eigenvalue weighted by Gasteiger charge is 2.38. The van der Waals surface area contributed by atoms with Gasteiger partial charge < -0.3 is 15.1 Å². The number of hydrogen-bond donors (Lipinski definition) is 1. The molecule has 2 aliphatic heterocycles. The molecular weight excluding hydrogens is 402 g/mol. The molecule has 1 N–H and O–H groups in total. The van der Waals surface area contributed by atoms with Gasteiger partial charge in [0.2, 0.25) is 17.7 Å². The average molecular weight is 426 g/mol. The average Bonchev–Trinajstić information content (AvgIpc) is 3.17. The van der Waals surface area contributed by atoms with Crippen molar-refractivity contribution in [3.63, 3.8) is 0 Å². The minimum atomic E-state index is -0.322. The van der Waals surface area contributed by atoms with Crippen molar-refractivity contribution >= 4 is 40.7 Å². The molecule has 2 fully saturated rings. The molecule has 0 saturated carbocycles. The molecule has 3 amide bonds. The summed E-state index contributed by atoms with van der Waals surface area (Å²) in [4.78, 5) is 41.4. The van der Waals surface area contributed by atoms with Gasteiger partial charge in [-0.15, -0.1) is 0 Å². The van der Waals surface area contributed by atoms with Gasteiger partial charge in [0, 0.05) is 48.4 Å². The number of anilines is 2. The number of halogens is 1. The van der Waals surface area contributed by atoms with E-state index in [1.165, 1.54) is 0 Å². The number of benzene rings is 2. The minimum Gasteiger partial charge on any atom is -0.342 e. The second kappa shape index (κ2) is 8.88. The first-order valence-electron chi connectivity index (χ1n) is 10.2. The van der Waals surface area contributed by atoms with Gasteiger partial charge in [-0.2, -0.15) is 0 Å². The molecule has 2 aliphatic rings. The van der Waals surface area contributed by atoms with Crippen LogP contribution in [0, 0.1) is 11.8 Å². The highest BCUT2D eigenvalue weighted by atomic mass is 35.5. The fourth-order valence-electron chi connectivity index (χ4n) is 4.13. The van der Waals surface area contributed by atoms with Gasteiger partial charge in [0.25, 0.3) is 0 Å². The van der Waals surface area contributed by atoms with E-state index >= 15 is 0 Å². The molecule has 1 atom stereocenters. The van der Waals surface area contributed by atoms with Gasteiger partial charge in [-0.05, 0) is 49.2 Å². The Bertz CT molecular complexity index is 924. The van der Waals surface area contributed by atoms with Gasteiger partial charge in [0.1, 0.15) is 0 Å². The Morgan fingerprint density at radius 1 is 0.933 bits per heavy atom. The van der Waals surface area contributed by atoms with Crippen LogP contribution in [0.5, 0.6) is 0 Å². The number of nitrogens with zero attached hydrogens (tertiary/aromatic N) is 2. The van der Waals surface area contributed by atoms with E-state index in [0.717, 1.165) is 5.69 Å². The summed E-state index contributed by atoms with van der Waals surface area (Å²) < 4.78 is 0. The van der Waals surface area contributed by atoms with E-state index in [1.807, 2.05) is 30.3 Å². The standard InChI is InChI=1S/C23H24ClN3O3/c24-18-6-8-19(9-7-18)25-22(29)16-10-12-26(13-11-16)23(30)17-14-21(28)27(15-17)20-4-2-1-3-5-20/h1-9,16-17H,10-15H2,(H,25,29). The van der Waals surface area contributed by atoms with Gasteiger partial charge in [-0.3, -0.25) is 14.4 Å². The number of likely N-dealkylation sites (tertiary alicyclic amines) is 1. The summed E-state index contributed by atoms with van der Waals surface area (Å²) in [5, 5.41) is 3.54. The maximum Gasteiger partial charge on any atom is 0.228 e. The Morgan fingerprint density at radius 2 is 1.60 bits per heavy atom. The summed E-state index contributed by atoms with van der Waals surface area (Å²) in [5.41, 5.74) is 1.55. The van der Waals surface area contributed by atoms with Crippen molar-refractivity contribution in [3.05, 3.63) is 59.6 Å². The highest BCUT2D eigenvalue weighted by Crippen LogP contribution is 2.28. The van der Waals surface area contributed by atoms with Crippen molar-refractivity contribution in [1.82, 2.24) is 4.90 Å². The molecule has 0 spiro atoms. The second-order valence-corrected chi connectivity index (χ2v) is 8.27. The fraction of sp³-hybridized carbons (Fsp3) is 0.348. The molecule has 6 nitrogen and oxygen atoms in total. The van der Waals surface area contributed by atoms with E-state index in [-0.39, 0.29) is 36.0 Å². The van der Waals surface area contributed by atoms with Crippen molar-refractivity contribution in [1.29, 1.82) is 0 Å². The van der Waals surface area contributed by atoms with Crippen LogP contribution in [0.3, 0.4) is 0 Å². The zero-order chi connectivity index (χ0) is 21.1. The number of hydrogen-bond acceptors (Lipinski definition) is 3. The summed E-state index contributed by atoms with van der Waals surface area (Å²) >= 11 is 5.88. The van der Waals surface area contributed by atoms with E-state index in [1.54, 1.807) is 34.1 Å². The lowest BCUT2D eigenvalue weighted by Gasteiger charge is -2.33. The van der Waals surface area contributed by atoms with Gasteiger partial charge in [-0.25, -0.2) is 0 Å². The SMILES string of the molecule is O=C(Nc1ccc(Cl)cc1)C1CCN(C(=O)C2CC(=O)N(c3ccccc3)C2)CC1. The molecular formula is C23H24ClN3O3. The molecule has 4 rings (SSSR count). The molecule has 0 bridgehead atoms. The lowest BCUT2D eigenvalue weighted by molar-refractivity contribution is -0.138. The molecule has 0 radical (unpaired) electrons. The smallest absolute Gasteiger partial charge is 0.228 e. The summed E-state index contributed by atoms with van der Waals surface area (Å²) in [6.45, 7) is 1.49. The molecule has 156 valence electrons. The topological polar surface area (TPSA) is 69.7 Å². The second-order valence-electron chi connectivity index (χ2n) is 7.84. The van der Waals surface area contributed by atoms with Crippen LogP contribution in [-0.2, 0) is 14.4 Å². The van der Waals surface area contributed by atoms with Gasteiger partial charge in [0.15, 0.2) is 0 Å². The Balaban J connectivity index is 1.29. The van der Waals surface area contributed by atoms with E-state index in [0.29, 0.717) is 43.2 Å². The summed E-state index contributed by atoms with van der Waals surface area (Å²) in [7, 11) is 0. The molecule has 0 aromatic heterocycles. The van der Waals surface area contributed by atoms with Crippen LogP contribution in [0.1, 0.15) is 19.3 Å². The summed E-state index contributed by atoms with van der Waals surface area (Å²) in [6, 6.07) is 16.5. The van der Waals surface area contributed by atoms with Crippen molar-refractivity contribution < 1.29 is 14.4 Å². The van der Waals surface area contributed by atoms with E-state index < -0.39 is 0 Å². The Hall–Kier alpha value is -2.86. The number of piperidine rings is 1. The maximum atomic E-state index is 13.0. The van der Waals surface area contributed by atoms with Gasteiger partial charge in [0.05, 0.1) is 5.92 Å². The number of nitrogens with one attached hydrogen (secondary N) is 1. The van der Waals surface area contributed by atoms with Crippen LogP contribution in [-0.4, -0.2) is 42.3 Å². The van der Waals surface area contributed by atoms with Crippen LogP contribution >= 0.6 is 11.6 Å².